The van der Waals surface area contributed by atoms with Gasteiger partial charge in [-0.05, 0) is 43.5 Å². The van der Waals surface area contributed by atoms with E-state index in [4.69, 9.17) is 16.3 Å². The van der Waals surface area contributed by atoms with Crippen LogP contribution in [0.5, 0.6) is 0 Å². The summed E-state index contributed by atoms with van der Waals surface area (Å²) in [7, 11) is 0. The van der Waals surface area contributed by atoms with Gasteiger partial charge in [-0.25, -0.2) is 0 Å². The molecule has 2 aliphatic rings. The van der Waals surface area contributed by atoms with Crippen molar-refractivity contribution in [3.8, 4) is 0 Å². The van der Waals surface area contributed by atoms with Crippen LogP contribution in [0.3, 0.4) is 0 Å². The predicted molar refractivity (Wildman–Crippen MR) is 150 cm³/mol. The summed E-state index contributed by atoms with van der Waals surface area (Å²) in [6.07, 6.45) is -2.33. The highest BCUT2D eigenvalue weighted by molar-refractivity contribution is 6.31. The van der Waals surface area contributed by atoms with Gasteiger partial charge in [0.25, 0.3) is 5.56 Å². The molecule has 0 saturated carbocycles. The van der Waals surface area contributed by atoms with Gasteiger partial charge in [-0.3, -0.25) is 14.4 Å². The van der Waals surface area contributed by atoms with Crippen LogP contribution < -0.4 is 15.8 Å². The third kappa shape index (κ3) is 5.73. The Kier molecular flexibility index (Phi) is 8.03. The molecule has 2 aromatic heterocycles. The lowest BCUT2D eigenvalue weighted by molar-refractivity contribution is -0.137. The minimum Gasteiger partial charge on any atom is -0.377 e. The minimum absolute atomic E-state index is 0.0402. The second-order valence-electron chi connectivity index (χ2n) is 10.2. The second kappa shape index (κ2) is 11.4. The number of alkyl halides is 3. The van der Waals surface area contributed by atoms with Gasteiger partial charge in [0, 0.05) is 44.5 Å². The number of rotatable bonds is 5. The number of anilines is 2. The molecule has 1 N–H and O–H groups in total. The molecule has 11 nitrogen and oxygen atoms in total. The van der Waals surface area contributed by atoms with E-state index in [9.17, 15) is 27.6 Å². The van der Waals surface area contributed by atoms with Gasteiger partial charge in [0.05, 0.1) is 23.8 Å². The average Bonchev–Trinajstić information content (AvgIpc) is 3.39. The summed E-state index contributed by atoms with van der Waals surface area (Å²) in [5, 5.41) is 6.56. The van der Waals surface area contributed by atoms with Crippen molar-refractivity contribution >= 4 is 46.1 Å². The van der Waals surface area contributed by atoms with E-state index in [1.54, 1.807) is 11.8 Å². The standard InChI is InChI=1S/C27H29ClF3N7O4/c1-15-12-20(28)19(27(29,30)31)13-21(15)32-22(40)14-37-16(2)23(36-8-6-35(7-9-36)17(3)39)25(41)38-26(37)33-24(34-38)18-4-10-42-11-5-18/h4,12-13H,5-11,14H2,1-3H3,(H,32,40). The molecule has 1 fully saturated rings. The van der Waals surface area contributed by atoms with Crippen LogP contribution >= 0.6 is 11.6 Å². The predicted octanol–water partition coefficient (Wildman–Crippen LogP) is 3.29. The number of nitrogens with zero attached hydrogens (tertiary/aromatic N) is 6. The Morgan fingerprint density at radius 2 is 1.86 bits per heavy atom. The van der Waals surface area contributed by atoms with Crippen molar-refractivity contribution in [2.24, 2.45) is 0 Å². The van der Waals surface area contributed by atoms with Crippen LogP contribution in [0.4, 0.5) is 24.5 Å². The van der Waals surface area contributed by atoms with Gasteiger partial charge >= 0.3 is 6.18 Å². The molecule has 1 aromatic carbocycles. The molecule has 2 amide bonds. The molecule has 3 aromatic rings. The normalized spacial score (nSPS) is 16.1. The van der Waals surface area contributed by atoms with Gasteiger partial charge in [0.1, 0.15) is 12.2 Å². The molecule has 224 valence electrons. The molecule has 0 spiro atoms. The molecular formula is C27H29ClF3N7O4. The van der Waals surface area contributed by atoms with Crippen molar-refractivity contribution in [1.82, 2.24) is 24.1 Å². The van der Waals surface area contributed by atoms with Crippen LogP contribution in [-0.2, 0) is 27.0 Å². The van der Waals surface area contributed by atoms with Gasteiger partial charge in [-0.2, -0.15) is 22.7 Å². The minimum atomic E-state index is -4.70. The summed E-state index contributed by atoms with van der Waals surface area (Å²) < 4.78 is 48.4. The molecule has 1 saturated heterocycles. The molecule has 0 aliphatic carbocycles. The Balaban J connectivity index is 1.55. The van der Waals surface area contributed by atoms with Gasteiger partial charge in [-0.15, -0.1) is 5.10 Å². The maximum Gasteiger partial charge on any atom is 0.417 e. The molecular weight excluding hydrogens is 579 g/mol. The number of aryl methyl sites for hydroxylation is 1. The number of halogens is 4. The summed E-state index contributed by atoms with van der Waals surface area (Å²) in [5.41, 5.74) is 0.354. The highest BCUT2D eigenvalue weighted by Gasteiger charge is 2.34. The van der Waals surface area contributed by atoms with E-state index in [0.717, 1.165) is 22.2 Å². The number of carbonyl (C=O) groups is 2. The number of carbonyl (C=O) groups excluding carboxylic acids is 2. The Morgan fingerprint density at radius 3 is 2.48 bits per heavy atom. The molecule has 5 rings (SSSR count). The maximum atomic E-state index is 13.8. The smallest absolute Gasteiger partial charge is 0.377 e. The fourth-order valence-corrected chi connectivity index (χ4v) is 5.50. The first-order chi connectivity index (χ1) is 19.8. The number of amides is 2. The third-order valence-corrected chi connectivity index (χ3v) is 7.77. The Labute approximate surface area is 243 Å². The quantitative estimate of drug-likeness (QED) is 0.473. The monoisotopic (exact) mass is 607 g/mol. The number of fused-ring (bicyclic) bond motifs is 1. The number of piperazine rings is 1. The topological polar surface area (TPSA) is 114 Å². The number of hydrogen-bond acceptors (Lipinski definition) is 7. The lowest BCUT2D eigenvalue weighted by atomic mass is 10.1. The number of ether oxygens (including phenoxy) is 1. The zero-order valence-electron chi connectivity index (χ0n) is 23.2. The lowest BCUT2D eigenvalue weighted by Gasteiger charge is -2.36. The lowest BCUT2D eigenvalue weighted by Crippen LogP contribution is -2.50. The van der Waals surface area contributed by atoms with Crippen molar-refractivity contribution in [3.05, 3.63) is 56.2 Å². The van der Waals surface area contributed by atoms with E-state index >= 15 is 0 Å². The van der Waals surface area contributed by atoms with E-state index in [0.29, 0.717) is 68.6 Å². The average molecular weight is 608 g/mol. The van der Waals surface area contributed by atoms with Crippen LogP contribution in [0.25, 0.3) is 11.4 Å². The Morgan fingerprint density at radius 1 is 1.14 bits per heavy atom. The van der Waals surface area contributed by atoms with Crippen LogP contribution in [0.2, 0.25) is 5.02 Å². The highest BCUT2D eigenvalue weighted by atomic mass is 35.5. The van der Waals surface area contributed by atoms with Crippen molar-refractivity contribution in [1.29, 1.82) is 0 Å². The summed E-state index contributed by atoms with van der Waals surface area (Å²) in [6.45, 7) is 6.80. The zero-order chi connectivity index (χ0) is 30.3. The van der Waals surface area contributed by atoms with Crippen LogP contribution in [0.1, 0.15) is 36.0 Å². The van der Waals surface area contributed by atoms with Crippen molar-refractivity contribution in [2.45, 2.75) is 39.9 Å². The fraction of sp³-hybridized carbons (Fsp3) is 0.444. The molecule has 0 unspecified atom stereocenters. The van der Waals surface area contributed by atoms with E-state index < -0.39 is 28.2 Å². The van der Waals surface area contributed by atoms with Gasteiger partial charge < -0.3 is 24.4 Å². The van der Waals surface area contributed by atoms with Crippen molar-refractivity contribution in [2.75, 3.05) is 49.6 Å². The van der Waals surface area contributed by atoms with E-state index in [1.807, 2.05) is 11.0 Å². The molecule has 15 heteroatoms. The van der Waals surface area contributed by atoms with Crippen LogP contribution in [0, 0.1) is 13.8 Å². The zero-order valence-corrected chi connectivity index (χ0v) is 24.0. The van der Waals surface area contributed by atoms with E-state index in [-0.39, 0.29) is 23.9 Å². The summed E-state index contributed by atoms with van der Waals surface area (Å²) in [6, 6.07) is 1.95. The largest absolute Gasteiger partial charge is 0.417 e. The van der Waals surface area contributed by atoms with Crippen molar-refractivity contribution < 1.29 is 27.5 Å². The Hall–Kier alpha value is -3.91. The molecule has 0 radical (unpaired) electrons. The summed E-state index contributed by atoms with van der Waals surface area (Å²) in [5.74, 6) is -0.257. The fourth-order valence-electron chi connectivity index (χ4n) is 5.17. The second-order valence-corrected chi connectivity index (χ2v) is 10.6. The third-order valence-electron chi connectivity index (χ3n) is 7.46. The Bertz CT molecular complexity index is 1660. The van der Waals surface area contributed by atoms with Crippen molar-refractivity contribution in [3.63, 3.8) is 0 Å². The van der Waals surface area contributed by atoms with E-state index in [1.165, 1.54) is 18.4 Å². The summed E-state index contributed by atoms with van der Waals surface area (Å²) in [4.78, 5) is 47.0. The first kappa shape index (κ1) is 29.6. The molecule has 42 heavy (non-hydrogen) atoms. The van der Waals surface area contributed by atoms with Crippen LogP contribution in [0.15, 0.2) is 23.0 Å². The van der Waals surface area contributed by atoms with Gasteiger partial charge in [-0.1, -0.05) is 17.7 Å². The SMILES string of the molecule is CC(=O)N1CCN(c2c(C)n(CC(=O)Nc3cc(C(F)(F)F)c(Cl)cc3C)c3nc(C4=CCOCC4)nn3c2=O)CC1. The molecule has 0 bridgehead atoms. The molecule has 0 atom stereocenters. The maximum absolute atomic E-state index is 13.8. The number of hydrogen-bond donors (Lipinski definition) is 1. The number of benzene rings is 1. The van der Waals surface area contributed by atoms with E-state index in [2.05, 4.69) is 15.4 Å². The first-order valence-electron chi connectivity index (χ1n) is 13.3. The first-order valence-corrected chi connectivity index (χ1v) is 13.7. The molecule has 4 heterocycles. The van der Waals surface area contributed by atoms with Gasteiger partial charge in [0.15, 0.2) is 5.82 Å². The molecule has 2 aliphatic heterocycles. The van der Waals surface area contributed by atoms with Gasteiger partial charge in [0.2, 0.25) is 17.6 Å². The summed E-state index contributed by atoms with van der Waals surface area (Å²) >= 11 is 5.81. The number of aromatic nitrogens is 4. The number of nitrogens with one attached hydrogen (secondary N) is 1. The highest BCUT2D eigenvalue weighted by Crippen LogP contribution is 2.37. The van der Waals surface area contributed by atoms with Crippen LogP contribution in [-0.4, -0.2) is 75.3 Å².